The van der Waals surface area contributed by atoms with Crippen molar-refractivity contribution >= 4 is 11.9 Å². The summed E-state index contributed by atoms with van der Waals surface area (Å²) in [5.41, 5.74) is -0.0620. The third kappa shape index (κ3) is 2.32. The number of rotatable bonds is 2. The second kappa shape index (κ2) is 4.72. The van der Waals surface area contributed by atoms with Crippen LogP contribution in [0.1, 0.15) is 25.5 Å². The standard InChI is InChI=1S/C12H13F2N3O/c1-6(2)15-12-16-10(11(18)17-12)7-4-3-5-8(13)9(7)14/h3-6,10H,1-2H3,(H2,15,16,17,18). The van der Waals surface area contributed by atoms with E-state index < -0.39 is 23.6 Å². The number of guanidine groups is 1. The summed E-state index contributed by atoms with van der Waals surface area (Å²) < 4.78 is 26.7. The summed E-state index contributed by atoms with van der Waals surface area (Å²) >= 11 is 0. The van der Waals surface area contributed by atoms with Gasteiger partial charge in [0.2, 0.25) is 0 Å². The Morgan fingerprint density at radius 2 is 2.11 bits per heavy atom. The van der Waals surface area contributed by atoms with Gasteiger partial charge in [-0.2, -0.15) is 0 Å². The Bertz CT molecular complexity index is 514. The van der Waals surface area contributed by atoms with Crippen molar-refractivity contribution in [1.29, 1.82) is 0 Å². The number of hydrogen-bond acceptors (Lipinski definition) is 3. The van der Waals surface area contributed by atoms with E-state index in [1.807, 2.05) is 13.8 Å². The van der Waals surface area contributed by atoms with E-state index in [-0.39, 0.29) is 17.6 Å². The normalized spacial score (nSPS) is 18.8. The molecule has 1 aromatic rings. The van der Waals surface area contributed by atoms with E-state index in [4.69, 9.17) is 0 Å². The minimum atomic E-state index is -1.04. The van der Waals surface area contributed by atoms with Crippen LogP contribution in [-0.4, -0.2) is 17.9 Å². The van der Waals surface area contributed by atoms with Gasteiger partial charge in [0.05, 0.1) is 0 Å². The monoisotopic (exact) mass is 253 g/mol. The Hall–Kier alpha value is -1.98. The van der Waals surface area contributed by atoms with Crippen molar-refractivity contribution in [2.75, 3.05) is 0 Å². The second-order valence-electron chi connectivity index (χ2n) is 4.31. The minimum absolute atomic E-state index is 0.0620. The Morgan fingerprint density at radius 3 is 2.78 bits per heavy atom. The highest BCUT2D eigenvalue weighted by atomic mass is 19.2. The molecule has 1 amide bonds. The van der Waals surface area contributed by atoms with Crippen molar-refractivity contribution in [2.45, 2.75) is 25.9 Å². The lowest BCUT2D eigenvalue weighted by Crippen LogP contribution is -2.40. The summed E-state index contributed by atoms with van der Waals surface area (Å²) in [4.78, 5) is 15.7. The first-order valence-electron chi connectivity index (χ1n) is 5.58. The highest BCUT2D eigenvalue weighted by Gasteiger charge is 2.31. The Labute approximate surface area is 103 Å². The van der Waals surface area contributed by atoms with E-state index in [0.717, 1.165) is 6.07 Å². The van der Waals surface area contributed by atoms with E-state index in [0.29, 0.717) is 0 Å². The fraction of sp³-hybridized carbons (Fsp3) is 0.333. The molecule has 1 heterocycles. The lowest BCUT2D eigenvalue weighted by molar-refractivity contribution is -0.120. The number of nitrogens with one attached hydrogen (secondary N) is 2. The average Bonchev–Trinajstić information content (AvgIpc) is 2.62. The summed E-state index contributed by atoms with van der Waals surface area (Å²) in [7, 11) is 0. The number of carbonyl (C=O) groups is 1. The van der Waals surface area contributed by atoms with Crippen LogP contribution in [0.25, 0.3) is 0 Å². The molecule has 1 aromatic carbocycles. The molecule has 2 rings (SSSR count). The van der Waals surface area contributed by atoms with Gasteiger partial charge >= 0.3 is 0 Å². The smallest absolute Gasteiger partial charge is 0.256 e. The summed E-state index contributed by atoms with van der Waals surface area (Å²) in [5, 5.41) is 5.40. The zero-order valence-electron chi connectivity index (χ0n) is 10.00. The molecular weight excluding hydrogens is 240 g/mol. The fourth-order valence-electron chi connectivity index (χ4n) is 1.69. The minimum Gasteiger partial charge on any atom is -0.354 e. The molecule has 2 N–H and O–H groups in total. The molecule has 1 atom stereocenters. The molecule has 96 valence electrons. The summed E-state index contributed by atoms with van der Waals surface area (Å²) in [6, 6.07) is 2.75. The van der Waals surface area contributed by atoms with Crippen LogP contribution < -0.4 is 10.6 Å². The number of hydrogen-bond donors (Lipinski definition) is 2. The van der Waals surface area contributed by atoms with Crippen LogP contribution in [0.3, 0.4) is 0 Å². The number of amides is 1. The molecule has 0 aliphatic carbocycles. The first-order chi connectivity index (χ1) is 8.49. The molecule has 0 aromatic heterocycles. The number of aliphatic imine (C=N–C) groups is 1. The number of halogens is 2. The lowest BCUT2D eigenvalue weighted by atomic mass is 10.1. The number of nitrogens with zero attached hydrogens (tertiary/aromatic N) is 1. The molecule has 0 bridgehead atoms. The molecule has 0 spiro atoms. The number of carbonyl (C=O) groups excluding carboxylic acids is 1. The highest BCUT2D eigenvalue weighted by molar-refractivity contribution is 6.05. The zero-order chi connectivity index (χ0) is 13.3. The van der Waals surface area contributed by atoms with Crippen molar-refractivity contribution in [3.8, 4) is 0 Å². The van der Waals surface area contributed by atoms with Gasteiger partial charge in [0.15, 0.2) is 23.6 Å². The van der Waals surface area contributed by atoms with Crippen molar-refractivity contribution in [2.24, 2.45) is 4.99 Å². The van der Waals surface area contributed by atoms with E-state index >= 15 is 0 Å². The Morgan fingerprint density at radius 1 is 1.39 bits per heavy atom. The maximum absolute atomic E-state index is 13.6. The molecule has 4 nitrogen and oxygen atoms in total. The van der Waals surface area contributed by atoms with Crippen molar-refractivity contribution < 1.29 is 13.6 Å². The maximum atomic E-state index is 13.6. The van der Waals surface area contributed by atoms with E-state index in [9.17, 15) is 13.6 Å². The van der Waals surface area contributed by atoms with Gasteiger partial charge in [-0.05, 0) is 19.9 Å². The van der Waals surface area contributed by atoms with E-state index in [1.165, 1.54) is 12.1 Å². The van der Waals surface area contributed by atoms with Crippen LogP contribution in [-0.2, 0) is 4.79 Å². The predicted octanol–water partition coefficient (Wildman–Crippen LogP) is 1.49. The summed E-state index contributed by atoms with van der Waals surface area (Å²) in [5.74, 6) is -2.21. The average molecular weight is 253 g/mol. The molecule has 1 aliphatic rings. The molecule has 0 saturated carbocycles. The van der Waals surface area contributed by atoms with Crippen LogP contribution in [0.15, 0.2) is 23.2 Å². The van der Waals surface area contributed by atoms with Gasteiger partial charge in [-0.3, -0.25) is 10.1 Å². The van der Waals surface area contributed by atoms with E-state index in [1.54, 1.807) is 0 Å². The molecule has 18 heavy (non-hydrogen) atoms. The van der Waals surface area contributed by atoms with Gasteiger partial charge in [0.25, 0.3) is 5.91 Å². The Kier molecular flexibility index (Phi) is 3.27. The van der Waals surface area contributed by atoms with Gasteiger partial charge in [-0.1, -0.05) is 12.1 Å². The summed E-state index contributed by atoms with van der Waals surface area (Å²) in [6.45, 7) is 3.76. The van der Waals surface area contributed by atoms with Gasteiger partial charge in [0, 0.05) is 11.6 Å². The zero-order valence-corrected chi connectivity index (χ0v) is 10.00. The third-order valence-electron chi connectivity index (χ3n) is 2.45. The van der Waals surface area contributed by atoms with Gasteiger partial charge in [-0.25, -0.2) is 13.8 Å². The van der Waals surface area contributed by atoms with Gasteiger partial charge in [0.1, 0.15) is 0 Å². The first-order valence-corrected chi connectivity index (χ1v) is 5.58. The molecule has 6 heteroatoms. The summed E-state index contributed by atoms with van der Waals surface area (Å²) in [6.07, 6.45) is 0. The van der Waals surface area contributed by atoms with Crippen LogP contribution in [0.4, 0.5) is 8.78 Å². The molecule has 0 radical (unpaired) electrons. The first kappa shape index (κ1) is 12.5. The maximum Gasteiger partial charge on any atom is 0.256 e. The Balaban J connectivity index is 2.31. The molecular formula is C12H13F2N3O. The fourth-order valence-corrected chi connectivity index (χ4v) is 1.69. The van der Waals surface area contributed by atoms with Crippen LogP contribution in [0.5, 0.6) is 0 Å². The van der Waals surface area contributed by atoms with Crippen LogP contribution in [0, 0.1) is 11.6 Å². The molecule has 0 saturated heterocycles. The van der Waals surface area contributed by atoms with Gasteiger partial charge in [-0.15, -0.1) is 0 Å². The van der Waals surface area contributed by atoms with Crippen molar-refractivity contribution in [3.63, 3.8) is 0 Å². The quantitative estimate of drug-likeness (QED) is 0.839. The van der Waals surface area contributed by atoms with E-state index in [2.05, 4.69) is 15.6 Å². The lowest BCUT2D eigenvalue weighted by Gasteiger charge is -2.07. The van der Waals surface area contributed by atoms with Crippen molar-refractivity contribution in [1.82, 2.24) is 10.6 Å². The predicted molar refractivity (Wildman–Crippen MR) is 62.9 cm³/mol. The van der Waals surface area contributed by atoms with Crippen LogP contribution >= 0.6 is 0 Å². The topological polar surface area (TPSA) is 53.5 Å². The van der Waals surface area contributed by atoms with Crippen molar-refractivity contribution in [3.05, 3.63) is 35.4 Å². The largest absolute Gasteiger partial charge is 0.354 e. The SMILES string of the molecule is CC(C)NC1=NC(c2cccc(F)c2F)C(=O)N1. The number of benzene rings is 1. The van der Waals surface area contributed by atoms with Crippen LogP contribution in [0.2, 0.25) is 0 Å². The highest BCUT2D eigenvalue weighted by Crippen LogP contribution is 2.25. The second-order valence-corrected chi connectivity index (χ2v) is 4.31. The third-order valence-corrected chi connectivity index (χ3v) is 2.45. The van der Waals surface area contributed by atoms with Gasteiger partial charge < -0.3 is 5.32 Å². The molecule has 1 aliphatic heterocycles. The molecule has 1 unspecified atom stereocenters. The molecule has 0 fully saturated rings.